The van der Waals surface area contributed by atoms with E-state index in [0.29, 0.717) is 17.5 Å². The Hall–Kier alpha value is -2.30. The predicted octanol–water partition coefficient (Wildman–Crippen LogP) is 9.75. The summed E-state index contributed by atoms with van der Waals surface area (Å²) < 4.78 is 0. The normalized spacial score (nSPS) is 24.6. The van der Waals surface area contributed by atoms with Crippen LogP contribution in [-0.2, 0) is 0 Å². The molecule has 0 aromatic rings. The van der Waals surface area contributed by atoms with Crippen LogP contribution in [0.25, 0.3) is 0 Å². The Kier molecular flexibility index (Phi) is 11.5. The predicted molar refractivity (Wildman–Crippen MR) is 190 cm³/mol. The Labute approximate surface area is 273 Å². The van der Waals surface area contributed by atoms with Crippen molar-refractivity contribution < 1.29 is 0 Å². The molecule has 3 aliphatic heterocycles. The first kappa shape index (κ1) is 33.1. The van der Waals surface area contributed by atoms with Gasteiger partial charge in [-0.2, -0.15) is 0 Å². The molecule has 5 rings (SSSR count). The number of halogens is 1. The van der Waals surface area contributed by atoms with E-state index >= 15 is 0 Å². The minimum atomic E-state index is 0.368. The first-order valence-electron chi connectivity index (χ1n) is 17.7. The lowest BCUT2D eigenvalue weighted by atomic mass is 9.77. The average Bonchev–Trinajstić information content (AvgIpc) is 3.24. The van der Waals surface area contributed by atoms with Crippen LogP contribution in [0.5, 0.6) is 0 Å². The number of rotatable bonds is 12. The topological polar surface area (TPSA) is 30.9 Å². The van der Waals surface area contributed by atoms with Crippen molar-refractivity contribution in [2.24, 2.45) is 10.4 Å². The van der Waals surface area contributed by atoms with Crippen LogP contribution < -0.4 is 5.32 Å². The smallest absolute Gasteiger partial charge is 0.132 e. The molecule has 2 fully saturated rings. The fraction of sp³-hybridized carbons (Fsp3) is 0.615. The summed E-state index contributed by atoms with van der Waals surface area (Å²) in [4.78, 5) is 10.5. The van der Waals surface area contributed by atoms with E-state index in [2.05, 4.69) is 85.8 Å². The molecule has 2 aliphatic carbocycles. The molecule has 0 aromatic heterocycles. The van der Waals surface area contributed by atoms with Gasteiger partial charge in [-0.1, -0.05) is 95.0 Å². The summed E-state index contributed by atoms with van der Waals surface area (Å²) in [7, 11) is 0. The molecule has 2 saturated heterocycles. The number of fused-ring (bicyclic) bond motifs is 2. The van der Waals surface area contributed by atoms with Crippen molar-refractivity contribution in [2.75, 3.05) is 26.2 Å². The largest absolute Gasteiger partial charge is 0.367 e. The maximum Gasteiger partial charge on any atom is 0.132 e. The van der Waals surface area contributed by atoms with Gasteiger partial charge in [-0.3, -0.25) is 0 Å². The zero-order valence-electron chi connectivity index (χ0n) is 28.1. The van der Waals surface area contributed by atoms with E-state index in [1.54, 1.807) is 0 Å². The third-order valence-electron chi connectivity index (χ3n) is 10.5. The van der Waals surface area contributed by atoms with Gasteiger partial charge in [0.2, 0.25) is 0 Å². The molecule has 5 aliphatic rings. The summed E-state index contributed by atoms with van der Waals surface area (Å²) in [5.41, 5.74) is 8.04. The highest BCUT2D eigenvalue weighted by atomic mass is 35.5. The standard InChI is InChI=1S/C39H57ClN4/c1-6-8-22-39(5,23-9-7-2)24-13-14-30(4)41-38(44-27-32-19-20-33(28-44)42-32)34-21-25-43(26-29(34)3)36-18-12-16-31-15-10-11-17-35(40)37(31)36/h10,13-15,17-18,32-33,42H,4,6-9,11-12,16,19-28H2,1-3,5H3/b14-13-,41-38?. The zero-order valence-corrected chi connectivity index (χ0v) is 28.8. The molecule has 0 radical (unpaired) electrons. The van der Waals surface area contributed by atoms with Crippen LogP contribution in [-0.4, -0.2) is 53.9 Å². The van der Waals surface area contributed by atoms with Crippen LogP contribution in [0.3, 0.4) is 0 Å². The molecule has 2 unspecified atom stereocenters. The van der Waals surface area contributed by atoms with Crippen LogP contribution in [0.1, 0.15) is 111 Å². The van der Waals surface area contributed by atoms with Crippen molar-refractivity contribution in [3.63, 3.8) is 0 Å². The number of piperazine rings is 1. The van der Waals surface area contributed by atoms with Gasteiger partial charge in [0.1, 0.15) is 5.84 Å². The van der Waals surface area contributed by atoms with Crippen molar-refractivity contribution in [1.29, 1.82) is 0 Å². The van der Waals surface area contributed by atoms with E-state index in [9.17, 15) is 0 Å². The average molecular weight is 617 g/mol. The number of aliphatic imine (C=N–C) groups is 1. The summed E-state index contributed by atoms with van der Waals surface area (Å²) in [6.45, 7) is 17.8. The highest BCUT2D eigenvalue weighted by Crippen LogP contribution is 2.39. The highest BCUT2D eigenvalue weighted by Gasteiger charge is 2.36. The van der Waals surface area contributed by atoms with Gasteiger partial charge in [0, 0.05) is 54.6 Å². The van der Waals surface area contributed by atoms with E-state index in [4.69, 9.17) is 16.6 Å². The number of hydrogen-bond donors (Lipinski definition) is 1. The summed E-state index contributed by atoms with van der Waals surface area (Å²) in [5.74, 6) is 1.17. The number of unbranched alkanes of at least 4 members (excludes halogenated alkanes) is 2. The van der Waals surface area contributed by atoms with Crippen molar-refractivity contribution in [2.45, 2.75) is 123 Å². The van der Waals surface area contributed by atoms with Gasteiger partial charge in [-0.25, -0.2) is 4.99 Å². The molecular weight excluding hydrogens is 560 g/mol. The molecule has 0 spiro atoms. The molecule has 240 valence electrons. The molecule has 5 heteroatoms. The Balaban J connectivity index is 1.37. The lowest BCUT2D eigenvalue weighted by molar-refractivity contribution is 0.259. The summed E-state index contributed by atoms with van der Waals surface area (Å²) >= 11 is 6.87. The van der Waals surface area contributed by atoms with Crippen LogP contribution >= 0.6 is 11.6 Å². The van der Waals surface area contributed by atoms with Crippen LogP contribution in [0, 0.1) is 5.41 Å². The van der Waals surface area contributed by atoms with Crippen molar-refractivity contribution in [1.82, 2.24) is 15.1 Å². The van der Waals surface area contributed by atoms with Gasteiger partial charge in [0.25, 0.3) is 0 Å². The maximum atomic E-state index is 6.87. The van der Waals surface area contributed by atoms with Crippen molar-refractivity contribution >= 4 is 17.4 Å². The highest BCUT2D eigenvalue weighted by molar-refractivity contribution is 6.32. The molecule has 1 N–H and O–H groups in total. The molecule has 2 bridgehead atoms. The summed E-state index contributed by atoms with van der Waals surface area (Å²) in [6, 6.07) is 1.13. The Morgan fingerprint density at radius 3 is 2.52 bits per heavy atom. The van der Waals surface area contributed by atoms with E-state index in [0.717, 1.165) is 69.0 Å². The second kappa shape index (κ2) is 15.3. The second-order valence-electron chi connectivity index (χ2n) is 14.2. The number of allylic oxidation sites excluding steroid dienone is 8. The van der Waals surface area contributed by atoms with E-state index in [-0.39, 0.29) is 0 Å². The van der Waals surface area contributed by atoms with Gasteiger partial charge >= 0.3 is 0 Å². The number of likely N-dealkylation sites (tertiary alicyclic amines) is 1. The molecule has 44 heavy (non-hydrogen) atoms. The maximum absolute atomic E-state index is 6.87. The fourth-order valence-corrected chi connectivity index (χ4v) is 8.19. The van der Waals surface area contributed by atoms with Gasteiger partial charge in [0.15, 0.2) is 0 Å². The molecule has 0 amide bonds. The third-order valence-corrected chi connectivity index (χ3v) is 10.8. The number of nitrogens with one attached hydrogen (secondary N) is 1. The first-order valence-corrected chi connectivity index (χ1v) is 18.0. The fourth-order valence-electron chi connectivity index (χ4n) is 7.89. The Morgan fingerprint density at radius 2 is 1.84 bits per heavy atom. The van der Waals surface area contributed by atoms with Gasteiger partial charge in [0.05, 0.1) is 5.70 Å². The number of amidine groups is 1. The van der Waals surface area contributed by atoms with Crippen LogP contribution in [0.2, 0.25) is 0 Å². The lowest BCUT2D eigenvalue weighted by Crippen LogP contribution is -2.54. The van der Waals surface area contributed by atoms with E-state index in [1.165, 1.54) is 85.2 Å². The first-order chi connectivity index (χ1) is 21.3. The molecule has 0 saturated carbocycles. The number of nitrogens with zero attached hydrogens (tertiary/aromatic N) is 3. The van der Waals surface area contributed by atoms with Crippen LogP contribution in [0.15, 0.2) is 86.7 Å². The third kappa shape index (κ3) is 8.10. The molecule has 0 aromatic carbocycles. The quantitative estimate of drug-likeness (QED) is 0.134. The minimum absolute atomic E-state index is 0.368. The SMILES string of the molecule is C=C(/C=C\CC(C)(CCCC)CCCC)N=C(C1=C(C)CN(C2=CCCC3=C2C(Cl)=CCC=C3)CC1)N1CC2CCC(C1)N2. The zero-order chi connectivity index (χ0) is 31.1. The van der Waals surface area contributed by atoms with Gasteiger partial charge < -0.3 is 15.1 Å². The van der Waals surface area contributed by atoms with E-state index < -0.39 is 0 Å². The minimum Gasteiger partial charge on any atom is -0.367 e. The number of hydrogen-bond acceptors (Lipinski definition) is 3. The Morgan fingerprint density at radius 1 is 1.11 bits per heavy atom. The van der Waals surface area contributed by atoms with E-state index in [1.807, 2.05) is 0 Å². The molecular formula is C39H57ClN4. The summed E-state index contributed by atoms with van der Waals surface area (Å²) in [6.07, 6.45) is 29.1. The lowest BCUT2D eigenvalue weighted by Gasteiger charge is -2.40. The monoisotopic (exact) mass is 616 g/mol. The second-order valence-corrected chi connectivity index (χ2v) is 14.6. The van der Waals surface area contributed by atoms with Gasteiger partial charge in [-0.05, 0) is 92.9 Å². The molecule has 2 atom stereocenters. The van der Waals surface area contributed by atoms with Gasteiger partial charge in [-0.15, -0.1) is 0 Å². The van der Waals surface area contributed by atoms with Crippen LogP contribution in [0.4, 0.5) is 0 Å². The summed E-state index contributed by atoms with van der Waals surface area (Å²) in [5, 5.41) is 4.73. The molecule has 3 heterocycles. The van der Waals surface area contributed by atoms with Crippen molar-refractivity contribution in [3.05, 3.63) is 81.8 Å². The van der Waals surface area contributed by atoms with Crippen molar-refractivity contribution in [3.8, 4) is 0 Å². The Bertz CT molecular complexity index is 1250. The molecule has 4 nitrogen and oxygen atoms in total.